The Morgan fingerprint density at radius 2 is 1.74 bits per heavy atom. The van der Waals surface area contributed by atoms with E-state index in [0.29, 0.717) is 40.4 Å². The van der Waals surface area contributed by atoms with Gasteiger partial charge in [0.1, 0.15) is 16.5 Å². The summed E-state index contributed by atoms with van der Waals surface area (Å²) in [5, 5.41) is 4.98. The van der Waals surface area contributed by atoms with Crippen LogP contribution in [0.3, 0.4) is 0 Å². The summed E-state index contributed by atoms with van der Waals surface area (Å²) in [6.45, 7) is 12.0. The van der Waals surface area contributed by atoms with E-state index < -0.39 is 21.1 Å². The van der Waals surface area contributed by atoms with Crippen molar-refractivity contribution in [1.82, 2.24) is 10.0 Å². The Morgan fingerprint density at radius 3 is 2.31 bits per heavy atom. The molecule has 212 valence electrons. The van der Waals surface area contributed by atoms with Gasteiger partial charge in [-0.3, -0.25) is 4.99 Å². The number of benzene rings is 2. The third kappa shape index (κ3) is 8.73. The molecule has 0 aliphatic heterocycles. The van der Waals surface area contributed by atoms with Gasteiger partial charge < -0.3 is 10.1 Å². The predicted molar refractivity (Wildman–Crippen MR) is 163 cm³/mol. The first-order chi connectivity index (χ1) is 18.1. The number of halogens is 3. The smallest absolute Gasteiger partial charge is 0.242 e. The van der Waals surface area contributed by atoms with Crippen molar-refractivity contribution < 1.29 is 13.2 Å². The molecule has 1 unspecified atom stereocenters. The molecule has 2 aromatic carbocycles. The lowest BCUT2D eigenvalue weighted by atomic mass is 9.82. The quantitative estimate of drug-likeness (QED) is 0.227. The summed E-state index contributed by atoms with van der Waals surface area (Å²) < 4.78 is 35.3. The highest BCUT2D eigenvalue weighted by Gasteiger charge is 2.32. The molecule has 0 heterocycles. The van der Waals surface area contributed by atoms with Gasteiger partial charge in [-0.15, -0.1) is 0 Å². The van der Waals surface area contributed by atoms with Gasteiger partial charge in [-0.1, -0.05) is 59.1 Å². The fraction of sp³-hybridized carbons (Fsp3) is 0.414. The molecular weight excluding hydrogens is 577 g/mol. The van der Waals surface area contributed by atoms with E-state index in [0.717, 1.165) is 12.0 Å². The van der Waals surface area contributed by atoms with E-state index in [4.69, 9.17) is 44.5 Å². The predicted octanol–water partition coefficient (Wildman–Crippen LogP) is 7.48. The normalized spacial score (nSPS) is 16.7. The standard InChI is InChI=1S/C29H36Cl3N3O3S/c1-7-38-25-17-24(32)26(39(36,37)35-28(2,3)4)16-23(25)27(33-18-19-8-12-21(30)13-9-19)34-29(5,6)20-10-14-22(31)15-11-20/h8-10,12-17,20,35H,7,11,18H2,1-6H3,(H,33,34). The molecule has 0 aromatic heterocycles. The largest absolute Gasteiger partial charge is 0.493 e. The zero-order valence-corrected chi connectivity index (χ0v) is 26.2. The van der Waals surface area contributed by atoms with Crippen LogP contribution in [0.1, 0.15) is 59.1 Å². The van der Waals surface area contributed by atoms with Crippen molar-refractivity contribution >= 4 is 50.7 Å². The maximum Gasteiger partial charge on any atom is 0.242 e. The molecule has 2 aromatic rings. The van der Waals surface area contributed by atoms with Gasteiger partial charge in [0.2, 0.25) is 10.0 Å². The van der Waals surface area contributed by atoms with Crippen molar-refractivity contribution in [3.05, 3.63) is 80.8 Å². The van der Waals surface area contributed by atoms with Crippen LogP contribution in [0.15, 0.2) is 69.5 Å². The first-order valence-electron chi connectivity index (χ1n) is 12.7. The van der Waals surface area contributed by atoms with Gasteiger partial charge >= 0.3 is 0 Å². The molecule has 2 N–H and O–H groups in total. The first-order valence-corrected chi connectivity index (χ1v) is 15.3. The fourth-order valence-corrected chi connectivity index (χ4v) is 6.39. The Labute approximate surface area is 247 Å². The molecule has 0 bridgehead atoms. The number of sulfonamides is 1. The molecule has 3 rings (SSSR count). The van der Waals surface area contributed by atoms with Gasteiger partial charge in [-0.25, -0.2) is 13.1 Å². The molecule has 0 saturated carbocycles. The van der Waals surface area contributed by atoms with Gasteiger partial charge in [0.05, 0.1) is 23.7 Å². The second-order valence-corrected chi connectivity index (χ2v) is 13.9. The summed E-state index contributed by atoms with van der Waals surface area (Å²) in [5.41, 5.74) is 0.258. The molecular formula is C29H36Cl3N3O3S. The van der Waals surface area contributed by atoms with E-state index in [1.165, 1.54) is 12.1 Å². The Hall–Kier alpha value is -2.03. The second-order valence-electron chi connectivity index (χ2n) is 11.0. The molecule has 39 heavy (non-hydrogen) atoms. The van der Waals surface area contributed by atoms with Crippen molar-refractivity contribution in [2.24, 2.45) is 10.9 Å². The second kappa shape index (κ2) is 12.6. The number of rotatable bonds is 9. The highest BCUT2D eigenvalue weighted by Crippen LogP contribution is 2.34. The van der Waals surface area contributed by atoms with Gasteiger partial charge in [0.15, 0.2) is 0 Å². The number of amidine groups is 1. The van der Waals surface area contributed by atoms with Crippen molar-refractivity contribution in [1.29, 1.82) is 0 Å². The lowest BCUT2D eigenvalue weighted by Gasteiger charge is -2.36. The summed E-state index contributed by atoms with van der Waals surface area (Å²) in [4.78, 5) is 4.87. The van der Waals surface area contributed by atoms with E-state index >= 15 is 0 Å². The average molecular weight is 613 g/mol. The van der Waals surface area contributed by atoms with Crippen molar-refractivity contribution in [3.63, 3.8) is 0 Å². The fourth-order valence-electron chi connectivity index (χ4n) is 4.14. The number of hydrogen-bond donors (Lipinski definition) is 2. The van der Waals surface area contributed by atoms with Crippen LogP contribution in [0, 0.1) is 5.92 Å². The Kier molecular flexibility index (Phi) is 10.2. The van der Waals surface area contributed by atoms with E-state index in [-0.39, 0.29) is 15.8 Å². The van der Waals surface area contributed by atoms with Gasteiger partial charge in [0.25, 0.3) is 0 Å². The summed E-state index contributed by atoms with van der Waals surface area (Å²) in [7, 11) is -3.95. The average Bonchev–Trinajstić information content (AvgIpc) is 2.82. The van der Waals surface area contributed by atoms with Crippen LogP contribution in [-0.2, 0) is 16.6 Å². The number of hydrogen-bond acceptors (Lipinski definition) is 4. The SMILES string of the molecule is CCOc1cc(Cl)c(S(=O)(=O)NC(C)(C)C)cc1C(=NCc1ccc(Cl)cc1)NC(C)(C)C1C=CC(Cl)=CC1. The molecule has 0 spiro atoms. The minimum atomic E-state index is -3.95. The number of ether oxygens (including phenoxy) is 1. The van der Waals surface area contributed by atoms with Crippen molar-refractivity contribution in [2.75, 3.05) is 6.61 Å². The van der Waals surface area contributed by atoms with Crippen LogP contribution in [0.4, 0.5) is 0 Å². The van der Waals surface area contributed by atoms with Crippen LogP contribution < -0.4 is 14.8 Å². The van der Waals surface area contributed by atoms with Crippen molar-refractivity contribution in [3.8, 4) is 5.75 Å². The van der Waals surface area contributed by atoms with Crippen LogP contribution >= 0.6 is 34.8 Å². The lowest BCUT2D eigenvalue weighted by Crippen LogP contribution is -2.49. The monoisotopic (exact) mass is 611 g/mol. The third-order valence-corrected chi connectivity index (χ3v) is 8.83. The van der Waals surface area contributed by atoms with Crippen molar-refractivity contribution in [2.45, 2.75) is 70.5 Å². The molecule has 0 radical (unpaired) electrons. The highest BCUT2D eigenvalue weighted by molar-refractivity contribution is 7.89. The van der Waals surface area contributed by atoms with Crippen LogP contribution in [0.2, 0.25) is 10.0 Å². The van der Waals surface area contributed by atoms with Gasteiger partial charge in [-0.2, -0.15) is 0 Å². The van der Waals surface area contributed by atoms with E-state index in [9.17, 15) is 8.42 Å². The van der Waals surface area contributed by atoms with Gasteiger partial charge in [-0.05, 0) is 77.8 Å². The van der Waals surface area contributed by atoms with Crippen LogP contribution in [-0.4, -0.2) is 31.9 Å². The maximum atomic E-state index is 13.3. The summed E-state index contributed by atoms with van der Waals surface area (Å²) >= 11 is 18.7. The number of aliphatic imine (C=N–C) groups is 1. The maximum absolute atomic E-state index is 13.3. The Bertz CT molecular complexity index is 1380. The highest BCUT2D eigenvalue weighted by atomic mass is 35.5. The van der Waals surface area contributed by atoms with Crippen LogP contribution in [0.25, 0.3) is 0 Å². The first kappa shape index (κ1) is 31.5. The molecule has 0 fully saturated rings. The zero-order valence-electron chi connectivity index (χ0n) is 23.1. The number of allylic oxidation sites excluding steroid dienone is 3. The minimum absolute atomic E-state index is 0.0522. The molecule has 0 saturated heterocycles. The summed E-state index contributed by atoms with van der Waals surface area (Å²) in [5.74, 6) is 1.02. The molecule has 0 amide bonds. The molecule has 10 heteroatoms. The Morgan fingerprint density at radius 1 is 1.08 bits per heavy atom. The molecule has 6 nitrogen and oxygen atoms in total. The lowest BCUT2D eigenvalue weighted by molar-refractivity contribution is 0.334. The number of nitrogens with zero attached hydrogens (tertiary/aromatic N) is 1. The molecule has 1 atom stereocenters. The van der Waals surface area contributed by atoms with E-state index in [1.807, 2.05) is 43.3 Å². The van der Waals surface area contributed by atoms with Crippen LogP contribution in [0.5, 0.6) is 5.75 Å². The molecule has 1 aliphatic rings. The summed E-state index contributed by atoms with van der Waals surface area (Å²) in [6, 6.07) is 10.5. The topological polar surface area (TPSA) is 79.8 Å². The summed E-state index contributed by atoms with van der Waals surface area (Å²) in [6.07, 6.45) is 6.69. The zero-order chi connectivity index (χ0) is 29.0. The van der Waals surface area contributed by atoms with Gasteiger partial charge in [0, 0.05) is 33.1 Å². The third-order valence-electron chi connectivity index (χ3n) is 6.07. The van der Waals surface area contributed by atoms with E-state index in [1.54, 1.807) is 20.8 Å². The Balaban J connectivity index is 2.15. The van der Waals surface area contributed by atoms with E-state index in [2.05, 4.69) is 30.0 Å². The molecule has 1 aliphatic carbocycles. The number of nitrogens with one attached hydrogen (secondary N) is 2. The minimum Gasteiger partial charge on any atom is -0.493 e.